The summed E-state index contributed by atoms with van der Waals surface area (Å²) in [4.78, 5) is 20.1. The van der Waals surface area contributed by atoms with Crippen molar-refractivity contribution in [1.29, 1.82) is 0 Å². The minimum Gasteiger partial charge on any atom is -0.352 e. The van der Waals surface area contributed by atoms with Crippen LogP contribution in [-0.2, 0) is 6.42 Å². The highest BCUT2D eigenvalue weighted by Gasteiger charge is 2.20. The van der Waals surface area contributed by atoms with Gasteiger partial charge in [0.25, 0.3) is 5.56 Å². The molecule has 0 spiro atoms. The summed E-state index contributed by atoms with van der Waals surface area (Å²) in [6.45, 7) is 5.31. The first-order valence-corrected chi connectivity index (χ1v) is 10.5. The van der Waals surface area contributed by atoms with E-state index in [-0.39, 0.29) is 11.6 Å². The highest BCUT2D eigenvalue weighted by atomic mass is 32.1. The van der Waals surface area contributed by atoms with Crippen LogP contribution in [0, 0.1) is 0 Å². The van der Waals surface area contributed by atoms with Gasteiger partial charge in [-0.25, -0.2) is 4.98 Å². The van der Waals surface area contributed by atoms with Crippen molar-refractivity contribution in [2.24, 2.45) is 0 Å². The molecule has 0 saturated carbocycles. The first-order valence-electron chi connectivity index (χ1n) is 9.66. The lowest BCUT2D eigenvalue weighted by Gasteiger charge is -2.24. The van der Waals surface area contributed by atoms with Crippen LogP contribution in [0.5, 0.6) is 0 Å². The molecule has 1 unspecified atom stereocenters. The maximum atomic E-state index is 12.4. The fraction of sp³-hybridized carbons (Fsp3) is 0.450. The lowest BCUT2D eigenvalue weighted by atomic mass is 10.1. The molecule has 3 aromatic rings. The van der Waals surface area contributed by atoms with Crippen LogP contribution in [0.15, 0.2) is 41.2 Å². The molecule has 0 amide bonds. The van der Waals surface area contributed by atoms with E-state index in [0.29, 0.717) is 4.96 Å². The number of rotatable bonds is 7. The largest absolute Gasteiger partial charge is 0.352 e. The molecule has 1 aliphatic rings. The predicted octanol–water partition coefficient (Wildman–Crippen LogP) is 3.35. The third-order valence-electron chi connectivity index (χ3n) is 4.94. The summed E-state index contributed by atoms with van der Waals surface area (Å²) < 4.78 is 1.41. The van der Waals surface area contributed by atoms with Crippen molar-refractivity contribution in [3.63, 3.8) is 0 Å². The molecule has 2 aromatic heterocycles. The molecule has 27 heavy (non-hydrogen) atoms. The molecule has 1 fully saturated rings. The minimum absolute atomic E-state index is 0.108. The van der Waals surface area contributed by atoms with Crippen LogP contribution in [0.25, 0.3) is 4.96 Å². The summed E-state index contributed by atoms with van der Waals surface area (Å²) in [5.41, 5.74) is 1.97. The summed E-state index contributed by atoms with van der Waals surface area (Å²) in [7, 11) is 0. The van der Waals surface area contributed by atoms with Crippen molar-refractivity contribution in [3.8, 4) is 0 Å². The Bertz CT molecular complexity index is 946. The van der Waals surface area contributed by atoms with E-state index in [2.05, 4.69) is 51.5 Å². The van der Waals surface area contributed by atoms with Gasteiger partial charge in [0, 0.05) is 18.3 Å². The Morgan fingerprint density at radius 2 is 2.00 bits per heavy atom. The number of nitrogens with zero attached hydrogens (tertiary/aromatic N) is 4. The molecule has 7 heteroatoms. The zero-order valence-electron chi connectivity index (χ0n) is 15.6. The van der Waals surface area contributed by atoms with Crippen molar-refractivity contribution >= 4 is 21.4 Å². The Morgan fingerprint density at radius 3 is 2.74 bits per heavy atom. The summed E-state index contributed by atoms with van der Waals surface area (Å²) in [5.74, 6) is 0. The Hall–Kier alpha value is -2.25. The SMILES string of the molecule is CCCc1cc(=O)n2nc(NC(CN3CCCC3)c3ccccc3)sc2n1. The van der Waals surface area contributed by atoms with Gasteiger partial charge in [-0.15, -0.1) is 5.10 Å². The van der Waals surface area contributed by atoms with Crippen LogP contribution in [-0.4, -0.2) is 39.1 Å². The molecule has 0 aliphatic carbocycles. The fourth-order valence-corrected chi connectivity index (χ4v) is 4.47. The Morgan fingerprint density at radius 1 is 1.22 bits per heavy atom. The van der Waals surface area contributed by atoms with Crippen molar-refractivity contribution < 1.29 is 0 Å². The van der Waals surface area contributed by atoms with Crippen molar-refractivity contribution in [1.82, 2.24) is 19.5 Å². The van der Waals surface area contributed by atoms with Crippen molar-refractivity contribution in [2.45, 2.75) is 38.6 Å². The monoisotopic (exact) mass is 383 g/mol. The van der Waals surface area contributed by atoms with Crippen LogP contribution in [0.3, 0.4) is 0 Å². The molecule has 1 aromatic carbocycles. The summed E-state index contributed by atoms with van der Waals surface area (Å²) in [5, 5.41) is 8.78. The molecule has 0 radical (unpaired) electrons. The van der Waals surface area contributed by atoms with Gasteiger partial charge in [0.15, 0.2) is 0 Å². The van der Waals surface area contributed by atoms with E-state index in [1.807, 2.05) is 6.07 Å². The van der Waals surface area contributed by atoms with Gasteiger partial charge in [0.05, 0.1) is 6.04 Å². The van der Waals surface area contributed by atoms with Crippen LogP contribution in [0.4, 0.5) is 5.13 Å². The first kappa shape index (κ1) is 18.1. The highest BCUT2D eigenvalue weighted by Crippen LogP contribution is 2.25. The number of nitrogens with one attached hydrogen (secondary N) is 1. The van der Waals surface area contributed by atoms with E-state index < -0.39 is 0 Å². The molecular formula is C20H25N5OS. The van der Waals surface area contributed by atoms with Gasteiger partial charge in [0.1, 0.15) is 0 Å². The third kappa shape index (κ3) is 4.20. The lowest BCUT2D eigenvalue weighted by Crippen LogP contribution is -2.29. The molecule has 6 nitrogen and oxygen atoms in total. The first-order chi connectivity index (χ1) is 13.2. The van der Waals surface area contributed by atoms with E-state index in [4.69, 9.17) is 0 Å². The molecule has 142 valence electrons. The topological polar surface area (TPSA) is 62.5 Å². The Balaban J connectivity index is 1.61. The smallest absolute Gasteiger partial charge is 0.275 e. The molecule has 4 rings (SSSR count). The Kier molecular flexibility index (Phi) is 5.50. The van der Waals surface area contributed by atoms with Crippen molar-refractivity contribution in [3.05, 3.63) is 58.0 Å². The average Bonchev–Trinajstić information content (AvgIpc) is 3.32. The van der Waals surface area contributed by atoms with E-state index in [9.17, 15) is 4.79 Å². The van der Waals surface area contributed by atoms with Gasteiger partial charge < -0.3 is 10.2 Å². The molecule has 3 heterocycles. The number of aromatic nitrogens is 3. The van der Waals surface area contributed by atoms with Gasteiger partial charge in [0.2, 0.25) is 10.1 Å². The number of aryl methyl sites for hydroxylation is 1. The normalized spacial score (nSPS) is 16.0. The minimum atomic E-state index is -0.108. The van der Waals surface area contributed by atoms with E-state index in [0.717, 1.165) is 43.3 Å². The number of benzene rings is 1. The zero-order valence-corrected chi connectivity index (χ0v) is 16.4. The third-order valence-corrected chi connectivity index (χ3v) is 5.78. The maximum Gasteiger partial charge on any atom is 0.275 e. The van der Waals surface area contributed by atoms with Crippen molar-refractivity contribution in [2.75, 3.05) is 25.0 Å². The summed E-state index contributed by atoms with van der Waals surface area (Å²) in [6, 6.07) is 12.2. The van der Waals surface area contributed by atoms with Gasteiger partial charge in [-0.3, -0.25) is 4.79 Å². The second kappa shape index (κ2) is 8.19. The number of hydrogen-bond donors (Lipinski definition) is 1. The summed E-state index contributed by atoms with van der Waals surface area (Å²) >= 11 is 1.44. The summed E-state index contributed by atoms with van der Waals surface area (Å²) in [6.07, 6.45) is 4.32. The van der Waals surface area contributed by atoms with E-state index in [1.54, 1.807) is 6.07 Å². The lowest BCUT2D eigenvalue weighted by molar-refractivity contribution is 0.323. The van der Waals surface area contributed by atoms with E-state index in [1.165, 1.54) is 34.3 Å². The fourth-order valence-electron chi connectivity index (χ4n) is 3.59. The average molecular weight is 384 g/mol. The van der Waals surface area contributed by atoms with Gasteiger partial charge in [-0.2, -0.15) is 4.52 Å². The number of likely N-dealkylation sites (tertiary alicyclic amines) is 1. The van der Waals surface area contributed by atoms with Gasteiger partial charge in [-0.05, 0) is 37.9 Å². The molecule has 1 N–H and O–H groups in total. The zero-order chi connectivity index (χ0) is 18.6. The van der Waals surface area contributed by atoms with Crippen LogP contribution in [0.2, 0.25) is 0 Å². The van der Waals surface area contributed by atoms with Gasteiger partial charge in [-0.1, -0.05) is 55.0 Å². The molecular weight excluding hydrogens is 358 g/mol. The molecule has 1 saturated heterocycles. The standard InChI is InChI=1S/C20H25N5OS/c1-2-8-16-13-18(26)25-20(21-16)27-19(23-25)22-17(14-24-11-6-7-12-24)15-9-4-3-5-10-15/h3-5,9-10,13,17H,2,6-8,11-12,14H2,1H3,(H,22,23). The number of anilines is 1. The van der Waals surface area contributed by atoms with E-state index >= 15 is 0 Å². The highest BCUT2D eigenvalue weighted by molar-refractivity contribution is 7.20. The van der Waals surface area contributed by atoms with Crippen LogP contribution >= 0.6 is 11.3 Å². The second-order valence-corrected chi connectivity index (χ2v) is 8.01. The number of fused-ring (bicyclic) bond motifs is 1. The molecule has 1 atom stereocenters. The predicted molar refractivity (Wildman–Crippen MR) is 110 cm³/mol. The second-order valence-electron chi connectivity index (χ2n) is 7.05. The van der Waals surface area contributed by atoms with Crippen LogP contribution in [0.1, 0.15) is 43.5 Å². The van der Waals surface area contributed by atoms with Crippen LogP contribution < -0.4 is 10.9 Å². The number of hydrogen-bond acceptors (Lipinski definition) is 6. The van der Waals surface area contributed by atoms with Gasteiger partial charge >= 0.3 is 0 Å². The molecule has 0 bridgehead atoms. The molecule has 1 aliphatic heterocycles. The quantitative estimate of drug-likeness (QED) is 0.678. The maximum absolute atomic E-state index is 12.4. The Labute approximate surface area is 162 Å².